The van der Waals surface area contributed by atoms with Gasteiger partial charge in [0.25, 0.3) is 5.91 Å². The maximum Gasteiger partial charge on any atom is 0.258 e. The molecule has 0 atom stereocenters. The Morgan fingerprint density at radius 2 is 2.00 bits per heavy atom. The van der Waals surface area contributed by atoms with Gasteiger partial charge in [-0.1, -0.05) is 32.9 Å². The summed E-state index contributed by atoms with van der Waals surface area (Å²) in [5, 5.41) is 0. The topological polar surface area (TPSA) is 47.4 Å². The van der Waals surface area contributed by atoms with Crippen molar-refractivity contribution in [2.75, 3.05) is 13.7 Å². The number of aryl methyl sites for hydroxylation is 1. The maximum absolute atomic E-state index is 13.9. The zero-order valence-electron chi connectivity index (χ0n) is 18.2. The molecule has 2 aromatic carbocycles. The number of amides is 1. The van der Waals surface area contributed by atoms with Gasteiger partial charge in [-0.05, 0) is 49.1 Å². The Kier molecular flexibility index (Phi) is 7.08. The van der Waals surface area contributed by atoms with E-state index < -0.39 is 0 Å². The van der Waals surface area contributed by atoms with Gasteiger partial charge in [-0.25, -0.2) is 9.37 Å². The molecule has 3 aromatic rings. The summed E-state index contributed by atoms with van der Waals surface area (Å²) < 4.78 is 21.3. The molecular weight excluding hydrogens is 381 g/mol. The molecule has 0 N–H and O–H groups in total. The van der Waals surface area contributed by atoms with Crippen molar-refractivity contribution >= 4 is 16.9 Å². The molecule has 0 aliphatic carbocycles. The minimum Gasteiger partial charge on any atom is -0.496 e. The standard InChI is InChI=1S/C24H30FN3O2/c1-5-13-28-21-15-18(25)10-11-20(21)26-23(28)16-27(14-12-17(2)3)24(29)19-8-6-7-9-22(19)30-4/h6-11,15,17H,5,12-14,16H2,1-4H3. The van der Waals surface area contributed by atoms with Gasteiger partial charge in [0.05, 0.1) is 30.3 Å². The van der Waals surface area contributed by atoms with Crippen LogP contribution in [0.2, 0.25) is 0 Å². The number of nitrogens with zero attached hydrogens (tertiary/aromatic N) is 3. The fourth-order valence-corrected chi connectivity index (χ4v) is 3.57. The molecule has 0 saturated carbocycles. The molecule has 1 amide bonds. The summed E-state index contributed by atoms with van der Waals surface area (Å²) in [5.41, 5.74) is 2.04. The van der Waals surface area contributed by atoms with Crippen molar-refractivity contribution in [3.8, 4) is 5.75 Å². The Labute approximate surface area is 177 Å². The molecule has 5 nitrogen and oxygen atoms in total. The normalized spacial score (nSPS) is 11.3. The number of fused-ring (bicyclic) bond motifs is 1. The van der Waals surface area contributed by atoms with E-state index in [2.05, 4.69) is 20.8 Å². The van der Waals surface area contributed by atoms with E-state index in [1.54, 1.807) is 25.3 Å². The van der Waals surface area contributed by atoms with Gasteiger partial charge in [-0.3, -0.25) is 4.79 Å². The zero-order chi connectivity index (χ0) is 21.7. The first-order valence-electron chi connectivity index (χ1n) is 10.5. The molecule has 0 saturated heterocycles. The van der Waals surface area contributed by atoms with Crippen LogP contribution in [0.4, 0.5) is 4.39 Å². The van der Waals surface area contributed by atoms with Crippen LogP contribution in [0.15, 0.2) is 42.5 Å². The number of methoxy groups -OCH3 is 1. The SMILES string of the molecule is CCCn1c(CN(CCC(C)C)C(=O)c2ccccc2OC)nc2ccc(F)cc21. The second-order valence-electron chi connectivity index (χ2n) is 7.92. The molecule has 0 aliphatic rings. The Morgan fingerprint density at radius 3 is 2.70 bits per heavy atom. The quantitative estimate of drug-likeness (QED) is 0.481. The molecule has 0 radical (unpaired) electrons. The van der Waals surface area contributed by atoms with Crippen molar-refractivity contribution in [2.45, 2.75) is 46.7 Å². The molecule has 0 spiro atoms. The van der Waals surface area contributed by atoms with Crippen LogP contribution in [0.5, 0.6) is 5.75 Å². The van der Waals surface area contributed by atoms with Crippen molar-refractivity contribution in [2.24, 2.45) is 5.92 Å². The molecule has 0 bridgehead atoms. The number of halogens is 1. The number of benzene rings is 2. The number of hydrogen-bond acceptors (Lipinski definition) is 3. The summed E-state index contributed by atoms with van der Waals surface area (Å²) in [7, 11) is 1.57. The highest BCUT2D eigenvalue weighted by atomic mass is 19.1. The van der Waals surface area contributed by atoms with E-state index in [-0.39, 0.29) is 11.7 Å². The number of aromatic nitrogens is 2. The van der Waals surface area contributed by atoms with Gasteiger partial charge in [0.2, 0.25) is 0 Å². The summed E-state index contributed by atoms with van der Waals surface area (Å²) in [5.74, 6) is 1.41. The smallest absolute Gasteiger partial charge is 0.258 e. The first kappa shape index (κ1) is 21.8. The van der Waals surface area contributed by atoms with E-state index in [0.29, 0.717) is 30.3 Å². The number of hydrogen-bond donors (Lipinski definition) is 0. The van der Waals surface area contributed by atoms with Gasteiger partial charge in [0, 0.05) is 13.1 Å². The number of para-hydroxylation sites is 1. The predicted octanol–water partition coefficient (Wildman–Crippen LogP) is 5.28. The lowest BCUT2D eigenvalue weighted by Gasteiger charge is -2.24. The van der Waals surface area contributed by atoms with E-state index in [1.165, 1.54) is 12.1 Å². The highest BCUT2D eigenvalue weighted by Crippen LogP contribution is 2.23. The second-order valence-corrected chi connectivity index (χ2v) is 7.92. The third kappa shape index (κ3) is 4.81. The minimum absolute atomic E-state index is 0.0885. The highest BCUT2D eigenvalue weighted by Gasteiger charge is 2.22. The number of ether oxygens (including phenoxy) is 1. The zero-order valence-corrected chi connectivity index (χ0v) is 18.2. The van der Waals surface area contributed by atoms with Gasteiger partial charge < -0.3 is 14.2 Å². The van der Waals surface area contributed by atoms with Crippen LogP contribution in [0.3, 0.4) is 0 Å². The maximum atomic E-state index is 13.9. The lowest BCUT2D eigenvalue weighted by atomic mass is 10.1. The average Bonchev–Trinajstić information content (AvgIpc) is 3.07. The average molecular weight is 412 g/mol. The molecule has 0 unspecified atom stereocenters. The van der Waals surface area contributed by atoms with Crippen molar-refractivity contribution < 1.29 is 13.9 Å². The van der Waals surface area contributed by atoms with Crippen LogP contribution >= 0.6 is 0 Å². The third-order valence-corrected chi connectivity index (χ3v) is 5.17. The van der Waals surface area contributed by atoms with Crippen molar-refractivity contribution in [3.05, 3.63) is 59.7 Å². The van der Waals surface area contributed by atoms with Gasteiger partial charge >= 0.3 is 0 Å². The van der Waals surface area contributed by atoms with Gasteiger partial charge in [0.15, 0.2) is 0 Å². The van der Waals surface area contributed by atoms with Crippen LogP contribution in [-0.2, 0) is 13.1 Å². The van der Waals surface area contributed by atoms with Crippen molar-refractivity contribution in [3.63, 3.8) is 0 Å². The molecule has 6 heteroatoms. The molecule has 160 valence electrons. The Morgan fingerprint density at radius 1 is 1.23 bits per heavy atom. The molecule has 3 rings (SSSR count). The van der Waals surface area contributed by atoms with Crippen LogP contribution in [-0.4, -0.2) is 34.0 Å². The number of carbonyl (C=O) groups is 1. The van der Waals surface area contributed by atoms with E-state index in [1.807, 2.05) is 21.6 Å². The molecule has 0 aliphatic heterocycles. The fourth-order valence-electron chi connectivity index (χ4n) is 3.57. The molecule has 1 heterocycles. The van der Waals surface area contributed by atoms with Gasteiger partial charge in [-0.2, -0.15) is 0 Å². The van der Waals surface area contributed by atoms with Gasteiger partial charge in [0.1, 0.15) is 17.4 Å². The fraction of sp³-hybridized carbons (Fsp3) is 0.417. The largest absolute Gasteiger partial charge is 0.496 e. The highest BCUT2D eigenvalue weighted by molar-refractivity contribution is 5.97. The Hall–Kier alpha value is -2.89. The summed E-state index contributed by atoms with van der Waals surface area (Å²) in [6.07, 6.45) is 1.77. The Balaban J connectivity index is 1.99. The van der Waals surface area contributed by atoms with E-state index in [9.17, 15) is 9.18 Å². The minimum atomic E-state index is -0.284. The number of rotatable bonds is 9. The number of imidazole rings is 1. The summed E-state index contributed by atoms with van der Waals surface area (Å²) in [6, 6.07) is 11.9. The Bertz CT molecular complexity index is 1010. The molecule has 0 fully saturated rings. The first-order valence-corrected chi connectivity index (χ1v) is 10.5. The molecule has 1 aromatic heterocycles. The van der Waals surface area contributed by atoms with Crippen molar-refractivity contribution in [1.29, 1.82) is 0 Å². The molecular formula is C24H30FN3O2. The van der Waals surface area contributed by atoms with Crippen LogP contribution in [0, 0.1) is 11.7 Å². The molecule has 30 heavy (non-hydrogen) atoms. The second kappa shape index (κ2) is 9.74. The van der Waals surface area contributed by atoms with E-state index in [4.69, 9.17) is 9.72 Å². The summed E-state index contributed by atoms with van der Waals surface area (Å²) in [6.45, 7) is 8.04. The lowest BCUT2D eigenvalue weighted by molar-refractivity contribution is 0.0726. The monoisotopic (exact) mass is 411 g/mol. The summed E-state index contributed by atoms with van der Waals surface area (Å²) >= 11 is 0. The predicted molar refractivity (Wildman–Crippen MR) is 117 cm³/mol. The third-order valence-electron chi connectivity index (χ3n) is 5.17. The van der Waals surface area contributed by atoms with Crippen LogP contribution < -0.4 is 4.74 Å². The van der Waals surface area contributed by atoms with E-state index in [0.717, 1.165) is 36.2 Å². The van der Waals surface area contributed by atoms with Crippen molar-refractivity contribution in [1.82, 2.24) is 14.5 Å². The van der Waals surface area contributed by atoms with Crippen LogP contribution in [0.25, 0.3) is 11.0 Å². The van der Waals surface area contributed by atoms with Crippen LogP contribution in [0.1, 0.15) is 49.8 Å². The number of carbonyl (C=O) groups excluding carboxylic acids is 1. The first-order chi connectivity index (χ1) is 14.4. The summed E-state index contributed by atoms with van der Waals surface area (Å²) in [4.78, 5) is 20.0. The van der Waals surface area contributed by atoms with Gasteiger partial charge in [-0.15, -0.1) is 0 Å². The lowest BCUT2D eigenvalue weighted by Crippen LogP contribution is -2.33. The van der Waals surface area contributed by atoms with E-state index >= 15 is 0 Å².